The van der Waals surface area contributed by atoms with Gasteiger partial charge in [-0.25, -0.2) is 0 Å². The van der Waals surface area contributed by atoms with E-state index in [-0.39, 0.29) is 22.8 Å². The molecule has 4 heteroatoms. The van der Waals surface area contributed by atoms with E-state index in [1.165, 1.54) is 11.1 Å². The largest absolute Gasteiger partial charge is 0.399 e. The fraction of sp³-hybridized carbons (Fsp3) is 0.417. The molecule has 2 bridgehead atoms. The smallest absolute Gasteiger partial charge is 0.254 e. The molecule has 2 aliphatic heterocycles. The summed E-state index contributed by atoms with van der Waals surface area (Å²) in [6.07, 6.45) is 4.56. The van der Waals surface area contributed by atoms with E-state index in [2.05, 4.69) is 42.8 Å². The number of hydrogen-bond acceptors (Lipinski definition) is 3. The molecule has 4 nitrogen and oxygen atoms in total. The average Bonchev–Trinajstić information content (AvgIpc) is 3.12. The summed E-state index contributed by atoms with van der Waals surface area (Å²) < 4.78 is 0. The third-order valence-electron chi connectivity index (χ3n) is 7.75. The van der Waals surface area contributed by atoms with Crippen LogP contribution < -0.4 is 5.73 Å². The first-order valence-corrected chi connectivity index (χ1v) is 10.2. The lowest BCUT2D eigenvalue weighted by atomic mass is 9.51. The SMILES string of the molecule is CC12CCN(C(=O)c3ccc4c(c3)CC=N4)C(Cc3cc(N)ccc31)C2(C)C. The zero-order valence-electron chi connectivity index (χ0n) is 16.8. The van der Waals surface area contributed by atoms with Crippen LogP contribution in [0, 0.1) is 5.41 Å². The summed E-state index contributed by atoms with van der Waals surface area (Å²) in [4.78, 5) is 20.0. The van der Waals surface area contributed by atoms with Gasteiger partial charge in [-0.1, -0.05) is 26.8 Å². The number of rotatable bonds is 1. The van der Waals surface area contributed by atoms with Gasteiger partial charge in [-0.15, -0.1) is 0 Å². The Hall–Kier alpha value is -2.62. The van der Waals surface area contributed by atoms with E-state index in [1.54, 1.807) is 0 Å². The second-order valence-corrected chi connectivity index (χ2v) is 9.30. The number of aliphatic imine (C=N–C) groups is 1. The lowest BCUT2D eigenvalue weighted by Crippen LogP contribution is -2.64. The number of hydrogen-bond donors (Lipinski definition) is 1. The summed E-state index contributed by atoms with van der Waals surface area (Å²) in [5, 5.41) is 0. The lowest BCUT2D eigenvalue weighted by Gasteiger charge is -2.60. The Bertz CT molecular complexity index is 1020. The second-order valence-electron chi connectivity index (χ2n) is 9.30. The maximum atomic E-state index is 13.5. The molecule has 0 radical (unpaired) electrons. The van der Waals surface area contributed by atoms with Crippen LogP contribution in [0.4, 0.5) is 11.4 Å². The molecule has 2 unspecified atom stereocenters. The van der Waals surface area contributed by atoms with Crippen LogP contribution in [0.15, 0.2) is 41.4 Å². The molecule has 2 heterocycles. The van der Waals surface area contributed by atoms with Crippen molar-refractivity contribution in [2.45, 2.75) is 51.5 Å². The Morgan fingerprint density at radius 1 is 1.14 bits per heavy atom. The number of benzene rings is 2. The number of fused-ring (bicyclic) bond motifs is 5. The van der Waals surface area contributed by atoms with Gasteiger partial charge in [-0.3, -0.25) is 9.79 Å². The predicted molar refractivity (Wildman–Crippen MR) is 113 cm³/mol. The normalized spacial score (nSPS) is 26.7. The van der Waals surface area contributed by atoms with Crippen LogP contribution in [0.5, 0.6) is 0 Å². The molecule has 0 saturated carbocycles. The predicted octanol–water partition coefficient (Wildman–Crippen LogP) is 4.28. The van der Waals surface area contributed by atoms with E-state index >= 15 is 0 Å². The zero-order chi connectivity index (χ0) is 19.7. The van der Waals surface area contributed by atoms with Gasteiger partial charge in [0, 0.05) is 41.9 Å². The Labute approximate surface area is 166 Å². The molecule has 1 saturated heterocycles. The van der Waals surface area contributed by atoms with Gasteiger partial charge in [-0.05, 0) is 65.3 Å². The fourth-order valence-corrected chi connectivity index (χ4v) is 5.61. The number of piperidine rings is 1. The molecule has 2 N–H and O–H groups in total. The number of nitrogens with zero attached hydrogens (tertiary/aromatic N) is 2. The highest BCUT2D eigenvalue weighted by Crippen LogP contribution is 2.56. The number of carbonyl (C=O) groups excluding carboxylic acids is 1. The second kappa shape index (κ2) is 5.69. The van der Waals surface area contributed by atoms with Crippen LogP contribution in [0.3, 0.4) is 0 Å². The Morgan fingerprint density at radius 2 is 1.96 bits per heavy atom. The molecule has 3 aliphatic rings. The summed E-state index contributed by atoms with van der Waals surface area (Å²) in [6.45, 7) is 7.81. The highest BCUT2D eigenvalue weighted by atomic mass is 16.2. The molecule has 1 aliphatic carbocycles. The summed E-state index contributed by atoms with van der Waals surface area (Å²) in [7, 11) is 0. The topological polar surface area (TPSA) is 58.7 Å². The van der Waals surface area contributed by atoms with Crippen LogP contribution in [0.25, 0.3) is 0 Å². The molecule has 28 heavy (non-hydrogen) atoms. The minimum Gasteiger partial charge on any atom is -0.399 e. The zero-order valence-corrected chi connectivity index (χ0v) is 16.8. The third kappa shape index (κ3) is 2.24. The fourth-order valence-electron chi connectivity index (χ4n) is 5.61. The molecule has 2 aromatic rings. The highest BCUT2D eigenvalue weighted by molar-refractivity contribution is 5.96. The van der Waals surface area contributed by atoms with Crippen molar-refractivity contribution >= 4 is 23.5 Å². The molecule has 0 aromatic heterocycles. The lowest BCUT2D eigenvalue weighted by molar-refractivity contribution is -0.0261. The van der Waals surface area contributed by atoms with Gasteiger partial charge in [0.05, 0.1) is 5.69 Å². The van der Waals surface area contributed by atoms with Crippen LogP contribution in [-0.2, 0) is 18.3 Å². The summed E-state index contributed by atoms with van der Waals surface area (Å²) in [5.74, 6) is 0.141. The standard InChI is InChI=1S/C24H27N3O/c1-23(2)21-14-17-13-18(25)5-6-19(17)24(23,3)9-11-27(21)22(28)16-4-7-20-15(12-16)8-10-26-20/h4-7,10,12-13,21H,8-9,11,14,25H2,1-3H3. The first kappa shape index (κ1) is 17.5. The van der Waals surface area contributed by atoms with Crippen LogP contribution in [-0.4, -0.2) is 29.6 Å². The quantitative estimate of drug-likeness (QED) is 0.759. The number of carbonyl (C=O) groups is 1. The van der Waals surface area contributed by atoms with Gasteiger partial charge in [0.2, 0.25) is 0 Å². The number of likely N-dealkylation sites (tertiary alicyclic amines) is 1. The van der Waals surface area contributed by atoms with Crippen LogP contribution in [0.1, 0.15) is 54.2 Å². The van der Waals surface area contributed by atoms with E-state index in [0.29, 0.717) is 0 Å². The van der Waals surface area contributed by atoms with E-state index in [4.69, 9.17) is 5.73 Å². The minimum atomic E-state index is -0.0101. The van der Waals surface area contributed by atoms with Gasteiger partial charge in [0.1, 0.15) is 0 Å². The van der Waals surface area contributed by atoms with E-state index < -0.39 is 0 Å². The molecule has 1 fully saturated rings. The summed E-state index contributed by atoms with van der Waals surface area (Å²) in [5.41, 5.74) is 12.5. The molecular weight excluding hydrogens is 346 g/mol. The maximum Gasteiger partial charge on any atom is 0.254 e. The van der Waals surface area contributed by atoms with Crippen molar-refractivity contribution in [1.29, 1.82) is 0 Å². The van der Waals surface area contributed by atoms with Gasteiger partial charge < -0.3 is 10.6 Å². The monoisotopic (exact) mass is 373 g/mol. The van der Waals surface area contributed by atoms with Crippen molar-refractivity contribution in [2.75, 3.05) is 12.3 Å². The van der Waals surface area contributed by atoms with Crippen molar-refractivity contribution < 1.29 is 4.79 Å². The van der Waals surface area contributed by atoms with Crippen molar-refractivity contribution in [2.24, 2.45) is 10.4 Å². The van der Waals surface area contributed by atoms with Crippen LogP contribution >= 0.6 is 0 Å². The summed E-state index contributed by atoms with van der Waals surface area (Å²) in [6, 6.07) is 12.4. The highest BCUT2D eigenvalue weighted by Gasteiger charge is 2.56. The van der Waals surface area contributed by atoms with Crippen molar-refractivity contribution in [3.8, 4) is 0 Å². The van der Waals surface area contributed by atoms with E-state index in [9.17, 15) is 4.79 Å². The van der Waals surface area contributed by atoms with Crippen molar-refractivity contribution in [1.82, 2.24) is 4.90 Å². The molecular formula is C24H27N3O. The number of anilines is 1. The molecule has 144 valence electrons. The van der Waals surface area contributed by atoms with E-state index in [1.807, 2.05) is 30.5 Å². The Balaban J connectivity index is 1.54. The van der Waals surface area contributed by atoms with Crippen molar-refractivity contribution in [3.63, 3.8) is 0 Å². The third-order valence-corrected chi connectivity index (χ3v) is 7.75. The molecule has 1 amide bonds. The van der Waals surface area contributed by atoms with Crippen LogP contribution in [0.2, 0.25) is 0 Å². The molecule has 0 spiro atoms. The molecule has 2 aromatic carbocycles. The first-order valence-electron chi connectivity index (χ1n) is 10.2. The average molecular weight is 374 g/mol. The number of nitrogens with two attached hydrogens (primary N) is 1. The number of nitrogen functional groups attached to an aromatic ring is 1. The van der Waals surface area contributed by atoms with Gasteiger partial charge in [0.25, 0.3) is 5.91 Å². The van der Waals surface area contributed by atoms with Gasteiger partial charge >= 0.3 is 0 Å². The van der Waals surface area contributed by atoms with Gasteiger partial charge in [0.15, 0.2) is 0 Å². The maximum absolute atomic E-state index is 13.5. The first-order chi connectivity index (χ1) is 13.3. The Kier molecular flexibility index (Phi) is 3.55. The number of amides is 1. The van der Waals surface area contributed by atoms with Crippen molar-refractivity contribution in [3.05, 3.63) is 58.7 Å². The molecule has 2 atom stereocenters. The minimum absolute atomic E-state index is 0.0101. The van der Waals surface area contributed by atoms with Gasteiger partial charge in [-0.2, -0.15) is 0 Å². The summed E-state index contributed by atoms with van der Waals surface area (Å²) >= 11 is 0. The molecule has 5 rings (SSSR count). The van der Waals surface area contributed by atoms with E-state index in [0.717, 1.165) is 48.3 Å². The Morgan fingerprint density at radius 3 is 2.79 bits per heavy atom.